The van der Waals surface area contributed by atoms with Crippen molar-refractivity contribution in [2.24, 2.45) is 0 Å². The number of anilines is 1. The average molecular weight is 369 g/mol. The molecule has 2 aliphatic rings. The zero-order chi connectivity index (χ0) is 15.6. The van der Waals surface area contributed by atoms with Gasteiger partial charge in [-0.25, -0.2) is 4.98 Å². The molecule has 1 saturated heterocycles. The van der Waals surface area contributed by atoms with Gasteiger partial charge in [0.2, 0.25) is 0 Å². The molecule has 2 aromatic heterocycles. The van der Waals surface area contributed by atoms with Gasteiger partial charge in [0.25, 0.3) is 0 Å². The molecule has 0 saturated carbocycles. The number of nitrogen functional groups attached to an aromatic ring is 1. The summed E-state index contributed by atoms with van der Waals surface area (Å²) in [5, 5.41) is 9.70. The van der Waals surface area contributed by atoms with E-state index in [2.05, 4.69) is 24.6 Å². The van der Waals surface area contributed by atoms with E-state index in [0.717, 1.165) is 32.6 Å². The molecule has 0 bridgehead atoms. The molecule has 0 aliphatic carbocycles. The summed E-state index contributed by atoms with van der Waals surface area (Å²) in [6.07, 6.45) is 9.26. The zero-order valence-corrected chi connectivity index (χ0v) is 15.5. The highest BCUT2D eigenvalue weighted by Crippen LogP contribution is 2.29. The monoisotopic (exact) mass is 368 g/mol. The molecule has 2 N–H and O–H groups in total. The van der Waals surface area contributed by atoms with Gasteiger partial charge in [0.05, 0.1) is 0 Å². The number of nitrogens with two attached hydrogens (primary N) is 1. The molecule has 8 heteroatoms. The number of aryl methyl sites for hydroxylation is 1. The van der Waals surface area contributed by atoms with Crippen molar-refractivity contribution in [1.29, 1.82) is 0 Å². The maximum Gasteiger partial charge on any atom is 0.180 e. The zero-order valence-electron chi connectivity index (χ0n) is 13.9. The number of aromatic nitrogens is 4. The third kappa shape index (κ3) is 3.73. The van der Waals surface area contributed by atoms with Crippen molar-refractivity contribution in [1.82, 2.24) is 24.6 Å². The maximum absolute atomic E-state index is 5.75. The summed E-state index contributed by atoms with van der Waals surface area (Å²) in [4.78, 5) is 7.93. The predicted octanol–water partition coefficient (Wildman–Crippen LogP) is 2.84. The lowest BCUT2D eigenvalue weighted by atomic mass is 9.97. The molecule has 0 spiro atoms. The van der Waals surface area contributed by atoms with Gasteiger partial charge in [-0.1, -0.05) is 6.42 Å². The smallest absolute Gasteiger partial charge is 0.180 e. The van der Waals surface area contributed by atoms with Gasteiger partial charge < -0.3 is 10.3 Å². The fourth-order valence-electron chi connectivity index (χ4n) is 3.84. The Morgan fingerprint density at radius 1 is 1.17 bits per heavy atom. The summed E-state index contributed by atoms with van der Waals surface area (Å²) in [5.41, 5.74) is 5.75. The lowest BCUT2D eigenvalue weighted by Crippen LogP contribution is -2.34. The number of hydrogen-bond donors (Lipinski definition) is 1. The van der Waals surface area contributed by atoms with Crippen LogP contribution in [0.4, 0.5) is 5.13 Å². The van der Waals surface area contributed by atoms with Crippen LogP contribution in [-0.2, 0) is 19.5 Å². The van der Waals surface area contributed by atoms with Gasteiger partial charge in [0, 0.05) is 43.0 Å². The van der Waals surface area contributed by atoms with Crippen molar-refractivity contribution >= 4 is 28.9 Å². The number of rotatable bonds is 3. The number of piperidine rings is 1. The lowest BCUT2D eigenvalue weighted by molar-refractivity contribution is 0.195. The van der Waals surface area contributed by atoms with Crippen LogP contribution in [0.5, 0.6) is 0 Å². The van der Waals surface area contributed by atoms with Crippen LogP contribution < -0.4 is 5.73 Å². The Morgan fingerprint density at radius 3 is 2.92 bits per heavy atom. The van der Waals surface area contributed by atoms with Crippen molar-refractivity contribution in [2.45, 2.75) is 57.5 Å². The second-order valence-electron chi connectivity index (χ2n) is 6.68. The molecule has 1 atom stereocenters. The van der Waals surface area contributed by atoms with Crippen molar-refractivity contribution in [2.75, 3.05) is 18.8 Å². The molecule has 1 fully saturated rings. The van der Waals surface area contributed by atoms with Gasteiger partial charge in [-0.15, -0.1) is 33.9 Å². The molecule has 1 unspecified atom stereocenters. The van der Waals surface area contributed by atoms with Crippen LogP contribution in [0.2, 0.25) is 0 Å². The highest BCUT2D eigenvalue weighted by molar-refractivity contribution is 7.15. The van der Waals surface area contributed by atoms with Crippen molar-refractivity contribution < 1.29 is 0 Å². The minimum atomic E-state index is 0. The van der Waals surface area contributed by atoms with Gasteiger partial charge >= 0.3 is 0 Å². The summed E-state index contributed by atoms with van der Waals surface area (Å²) in [6, 6.07) is 0. The van der Waals surface area contributed by atoms with Crippen LogP contribution in [0.15, 0.2) is 6.20 Å². The van der Waals surface area contributed by atoms with E-state index in [-0.39, 0.29) is 12.4 Å². The Bertz CT molecular complexity index is 669. The highest BCUT2D eigenvalue weighted by atomic mass is 35.5. The van der Waals surface area contributed by atoms with E-state index in [4.69, 9.17) is 5.73 Å². The summed E-state index contributed by atoms with van der Waals surface area (Å²) in [5.74, 6) is 2.92. The van der Waals surface area contributed by atoms with Crippen molar-refractivity contribution in [3.05, 3.63) is 22.7 Å². The summed E-state index contributed by atoms with van der Waals surface area (Å²) in [7, 11) is 0. The molecule has 2 aromatic rings. The number of thiazole rings is 1. The van der Waals surface area contributed by atoms with Crippen LogP contribution in [0.25, 0.3) is 0 Å². The van der Waals surface area contributed by atoms with Crippen LogP contribution in [0.1, 0.15) is 54.5 Å². The third-order valence-electron chi connectivity index (χ3n) is 4.96. The van der Waals surface area contributed by atoms with E-state index in [1.807, 2.05) is 6.20 Å². The topological polar surface area (TPSA) is 72.9 Å². The van der Waals surface area contributed by atoms with Gasteiger partial charge in [0.15, 0.2) is 5.13 Å². The molecular formula is C16H25ClN6S. The summed E-state index contributed by atoms with van der Waals surface area (Å²) in [6.45, 7) is 4.26. The highest BCUT2D eigenvalue weighted by Gasteiger charge is 2.27. The molecule has 132 valence electrons. The quantitative estimate of drug-likeness (QED) is 0.901. The van der Waals surface area contributed by atoms with Crippen LogP contribution >= 0.6 is 23.7 Å². The number of nitrogens with zero attached hydrogens (tertiary/aromatic N) is 5. The first kappa shape index (κ1) is 17.6. The minimum absolute atomic E-state index is 0. The normalized spacial score (nSPS) is 21.8. The third-order valence-corrected chi connectivity index (χ3v) is 5.77. The van der Waals surface area contributed by atoms with Gasteiger partial charge in [-0.05, 0) is 32.2 Å². The minimum Gasteiger partial charge on any atom is -0.375 e. The summed E-state index contributed by atoms with van der Waals surface area (Å²) < 4.78 is 2.41. The summed E-state index contributed by atoms with van der Waals surface area (Å²) >= 11 is 1.60. The van der Waals surface area contributed by atoms with E-state index < -0.39 is 0 Å². The number of likely N-dealkylation sites (tertiary alicyclic amines) is 1. The number of fused-ring (bicyclic) bond motifs is 1. The average Bonchev–Trinajstić information content (AvgIpc) is 3.07. The Kier molecular flexibility index (Phi) is 5.73. The first-order chi connectivity index (χ1) is 11.3. The first-order valence-corrected chi connectivity index (χ1v) is 9.46. The fraction of sp³-hybridized carbons (Fsp3) is 0.688. The molecule has 2 aliphatic heterocycles. The van der Waals surface area contributed by atoms with E-state index in [1.54, 1.807) is 11.3 Å². The Balaban J connectivity index is 0.00000169. The van der Waals surface area contributed by atoms with Gasteiger partial charge in [-0.2, -0.15) is 0 Å². The van der Waals surface area contributed by atoms with E-state index in [1.165, 1.54) is 48.6 Å². The van der Waals surface area contributed by atoms with Crippen molar-refractivity contribution in [3.63, 3.8) is 0 Å². The fourth-order valence-corrected chi connectivity index (χ4v) is 4.56. The lowest BCUT2D eigenvalue weighted by Gasteiger charge is -2.32. The number of halogens is 1. The second kappa shape index (κ2) is 7.80. The molecule has 4 heterocycles. The molecule has 6 nitrogen and oxygen atoms in total. The second-order valence-corrected chi connectivity index (χ2v) is 7.82. The molecule has 0 radical (unpaired) electrons. The van der Waals surface area contributed by atoms with E-state index in [0.29, 0.717) is 11.0 Å². The van der Waals surface area contributed by atoms with E-state index >= 15 is 0 Å². The van der Waals surface area contributed by atoms with Gasteiger partial charge in [0.1, 0.15) is 11.6 Å². The molecule has 0 amide bonds. The van der Waals surface area contributed by atoms with Gasteiger partial charge in [-0.3, -0.25) is 4.90 Å². The largest absolute Gasteiger partial charge is 0.375 e. The Hall–Kier alpha value is -1.18. The van der Waals surface area contributed by atoms with Crippen LogP contribution in [-0.4, -0.2) is 37.7 Å². The van der Waals surface area contributed by atoms with Crippen molar-refractivity contribution in [3.8, 4) is 0 Å². The SMILES string of the molecule is Cl.Nc1ncc(CN2CCCC(c3nnc4n3CCCCC4)C2)s1. The molecule has 4 rings (SSSR count). The molecule has 0 aromatic carbocycles. The Labute approximate surface area is 152 Å². The first-order valence-electron chi connectivity index (χ1n) is 8.64. The van der Waals surface area contributed by atoms with E-state index in [9.17, 15) is 0 Å². The number of hydrogen-bond acceptors (Lipinski definition) is 6. The molecule has 24 heavy (non-hydrogen) atoms. The Morgan fingerprint density at radius 2 is 2.08 bits per heavy atom. The standard InChI is InChI=1S/C16H24N6S.ClH/c17-16-18-9-13(23-16)11-21-7-4-5-12(10-21)15-20-19-14-6-2-1-3-8-22(14)15;/h9,12H,1-8,10-11H2,(H2,17,18);1H. The predicted molar refractivity (Wildman–Crippen MR) is 98.6 cm³/mol. The van der Waals surface area contributed by atoms with Crippen LogP contribution in [0.3, 0.4) is 0 Å². The van der Waals surface area contributed by atoms with Crippen LogP contribution in [0, 0.1) is 0 Å². The molecular weight excluding hydrogens is 344 g/mol. The maximum atomic E-state index is 5.75.